The highest BCUT2D eigenvalue weighted by Gasteiger charge is 2.29. The van der Waals surface area contributed by atoms with Crippen molar-refractivity contribution in [2.75, 3.05) is 57.4 Å². The predicted molar refractivity (Wildman–Crippen MR) is 89.6 cm³/mol. The molecule has 0 aromatic carbocycles. The summed E-state index contributed by atoms with van der Waals surface area (Å²) in [5.74, 6) is 1.09. The summed E-state index contributed by atoms with van der Waals surface area (Å²) in [5.41, 5.74) is 0.571. The second kappa shape index (κ2) is 7.60. The van der Waals surface area contributed by atoms with Gasteiger partial charge in [-0.3, -0.25) is 9.69 Å². The fourth-order valence-corrected chi connectivity index (χ4v) is 3.18. The molecule has 7 heteroatoms. The zero-order valence-electron chi connectivity index (χ0n) is 14.0. The van der Waals surface area contributed by atoms with Gasteiger partial charge in [0.25, 0.3) is 0 Å². The number of ether oxygens (including phenoxy) is 1. The van der Waals surface area contributed by atoms with Gasteiger partial charge < -0.3 is 14.5 Å². The second-order valence-electron chi connectivity index (χ2n) is 6.15. The van der Waals surface area contributed by atoms with E-state index in [-0.39, 0.29) is 11.9 Å². The summed E-state index contributed by atoms with van der Waals surface area (Å²) in [6.45, 7) is 7.98. The van der Waals surface area contributed by atoms with Crippen LogP contribution in [0.25, 0.3) is 0 Å². The first-order chi connectivity index (χ1) is 11.7. The second-order valence-corrected chi connectivity index (χ2v) is 6.15. The standard InChI is InChI=1S/C17H23N5O2/c1-14(17(23)22-8-10-24-11-9-22)20-4-6-21(7-5-20)16-3-2-15(12-18)13-19-16/h2-3,13-14H,4-11H2,1H3. The quantitative estimate of drug-likeness (QED) is 0.795. The summed E-state index contributed by atoms with van der Waals surface area (Å²) in [5, 5.41) is 8.84. The van der Waals surface area contributed by atoms with Crippen molar-refractivity contribution in [2.45, 2.75) is 13.0 Å². The number of rotatable bonds is 3. The number of hydrogen-bond donors (Lipinski definition) is 0. The van der Waals surface area contributed by atoms with Crippen molar-refractivity contribution in [2.24, 2.45) is 0 Å². The summed E-state index contributed by atoms with van der Waals surface area (Å²) >= 11 is 0. The van der Waals surface area contributed by atoms with Crippen LogP contribution in [0.2, 0.25) is 0 Å². The van der Waals surface area contributed by atoms with Crippen LogP contribution >= 0.6 is 0 Å². The third-order valence-corrected chi connectivity index (χ3v) is 4.74. The topological polar surface area (TPSA) is 72.7 Å². The van der Waals surface area contributed by atoms with E-state index in [2.05, 4.69) is 20.9 Å². The Morgan fingerprint density at radius 2 is 1.92 bits per heavy atom. The number of nitriles is 1. The van der Waals surface area contributed by atoms with Gasteiger partial charge in [-0.05, 0) is 19.1 Å². The smallest absolute Gasteiger partial charge is 0.239 e. The minimum absolute atomic E-state index is 0.0980. The highest BCUT2D eigenvalue weighted by Crippen LogP contribution is 2.16. The summed E-state index contributed by atoms with van der Waals surface area (Å²) in [7, 11) is 0. The third-order valence-electron chi connectivity index (χ3n) is 4.74. The van der Waals surface area contributed by atoms with Crippen molar-refractivity contribution in [1.82, 2.24) is 14.8 Å². The molecule has 3 heterocycles. The Balaban J connectivity index is 1.54. The van der Waals surface area contributed by atoms with Crippen LogP contribution in [0.3, 0.4) is 0 Å². The molecule has 1 amide bonds. The molecule has 0 aliphatic carbocycles. The summed E-state index contributed by atoms with van der Waals surface area (Å²) in [4.78, 5) is 23.3. The minimum Gasteiger partial charge on any atom is -0.378 e. The van der Waals surface area contributed by atoms with Gasteiger partial charge in [0, 0.05) is 45.5 Å². The maximum absolute atomic E-state index is 12.6. The highest BCUT2D eigenvalue weighted by molar-refractivity contribution is 5.81. The van der Waals surface area contributed by atoms with E-state index in [1.54, 1.807) is 12.3 Å². The van der Waals surface area contributed by atoms with Crippen LogP contribution < -0.4 is 4.90 Å². The van der Waals surface area contributed by atoms with Crippen molar-refractivity contribution >= 4 is 11.7 Å². The molecule has 1 aromatic heterocycles. The molecule has 0 saturated carbocycles. The van der Waals surface area contributed by atoms with Crippen LogP contribution in [-0.2, 0) is 9.53 Å². The number of pyridine rings is 1. The molecular weight excluding hydrogens is 306 g/mol. The van der Waals surface area contributed by atoms with Crippen LogP contribution in [0, 0.1) is 11.3 Å². The van der Waals surface area contributed by atoms with Gasteiger partial charge in [0.1, 0.15) is 11.9 Å². The van der Waals surface area contributed by atoms with E-state index < -0.39 is 0 Å². The maximum atomic E-state index is 12.6. The predicted octanol–water partition coefficient (Wildman–Crippen LogP) is 0.323. The summed E-state index contributed by atoms with van der Waals surface area (Å²) in [6.07, 6.45) is 1.60. The monoisotopic (exact) mass is 329 g/mol. The fourth-order valence-electron chi connectivity index (χ4n) is 3.18. The Bertz CT molecular complexity index is 598. The Morgan fingerprint density at radius 3 is 2.50 bits per heavy atom. The number of nitrogens with zero attached hydrogens (tertiary/aromatic N) is 5. The zero-order valence-corrected chi connectivity index (χ0v) is 14.0. The molecule has 3 rings (SSSR count). The van der Waals surface area contributed by atoms with Crippen molar-refractivity contribution in [3.63, 3.8) is 0 Å². The fraction of sp³-hybridized carbons (Fsp3) is 0.588. The van der Waals surface area contributed by atoms with Crippen LogP contribution in [-0.4, -0.2) is 79.2 Å². The number of carbonyl (C=O) groups excluding carboxylic acids is 1. The number of piperazine rings is 1. The Hall–Kier alpha value is -2.17. The Labute approximate surface area is 142 Å². The van der Waals surface area contributed by atoms with Gasteiger partial charge in [0.05, 0.1) is 24.8 Å². The number of carbonyl (C=O) groups is 1. The van der Waals surface area contributed by atoms with Crippen molar-refractivity contribution in [1.29, 1.82) is 5.26 Å². The van der Waals surface area contributed by atoms with Gasteiger partial charge in [0.2, 0.25) is 5.91 Å². The first-order valence-electron chi connectivity index (χ1n) is 8.41. The minimum atomic E-state index is -0.0980. The summed E-state index contributed by atoms with van der Waals surface area (Å²) in [6, 6.07) is 5.66. The number of amides is 1. The van der Waals surface area contributed by atoms with E-state index in [9.17, 15) is 4.79 Å². The van der Waals surface area contributed by atoms with E-state index in [1.165, 1.54) is 0 Å². The molecule has 1 unspecified atom stereocenters. The molecule has 2 fully saturated rings. The van der Waals surface area contributed by atoms with E-state index in [1.807, 2.05) is 17.9 Å². The normalized spacial score (nSPS) is 20.5. The van der Waals surface area contributed by atoms with E-state index in [0.29, 0.717) is 31.9 Å². The molecule has 128 valence electrons. The number of morpholine rings is 1. The van der Waals surface area contributed by atoms with Gasteiger partial charge >= 0.3 is 0 Å². The molecule has 1 aromatic rings. The van der Waals surface area contributed by atoms with E-state index in [0.717, 1.165) is 32.0 Å². The molecule has 0 spiro atoms. The lowest BCUT2D eigenvalue weighted by atomic mass is 10.2. The lowest BCUT2D eigenvalue weighted by Gasteiger charge is -2.40. The summed E-state index contributed by atoms with van der Waals surface area (Å²) < 4.78 is 5.31. The lowest BCUT2D eigenvalue weighted by molar-refractivity contribution is -0.140. The number of hydrogen-bond acceptors (Lipinski definition) is 6. The average Bonchev–Trinajstić information content (AvgIpc) is 2.68. The molecule has 0 bridgehead atoms. The van der Waals surface area contributed by atoms with Crippen LogP contribution in [0.5, 0.6) is 0 Å². The van der Waals surface area contributed by atoms with Gasteiger partial charge in [-0.1, -0.05) is 0 Å². The van der Waals surface area contributed by atoms with Gasteiger partial charge in [-0.2, -0.15) is 5.26 Å². The zero-order chi connectivity index (χ0) is 16.9. The van der Waals surface area contributed by atoms with Crippen LogP contribution in [0.1, 0.15) is 12.5 Å². The molecule has 7 nitrogen and oxygen atoms in total. The molecule has 1 atom stereocenters. The van der Waals surface area contributed by atoms with Crippen LogP contribution in [0.15, 0.2) is 18.3 Å². The Kier molecular flexibility index (Phi) is 5.28. The molecule has 0 radical (unpaired) electrons. The van der Waals surface area contributed by atoms with Gasteiger partial charge in [0.15, 0.2) is 0 Å². The largest absolute Gasteiger partial charge is 0.378 e. The van der Waals surface area contributed by atoms with Crippen molar-refractivity contribution < 1.29 is 9.53 Å². The van der Waals surface area contributed by atoms with Crippen LogP contribution in [0.4, 0.5) is 5.82 Å². The van der Waals surface area contributed by atoms with Gasteiger partial charge in [-0.25, -0.2) is 4.98 Å². The average molecular weight is 329 g/mol. The number of anilines is 1. The first kappa shape index (κ1) is 16.7. The van der Waals surface area contributed by atoms with Gasteiger partial charge in [-0.15, -0.1) is 0 Å². The van der Waals surface area contributed by atoms with Crippen molar-refractivity contribution in [3.05, 3.63) is 23.9 Å². The van der Waals surface area contributed by atoms with E-state index >= 15 is 0 Å². The lowest BCUT2D eigenvalue weighted by Crippen LogP contribution is -2.56. The molecule has 2 aliphatic rings. The molecular formula is C17H23N5O2. The third kappa shape index (κ3) is 3.66. The van der Waals surface area contributed by atoms with Crippen molar-refractivity contribution in [3.8, 4) is 6.07 Å². The first-order valence-corrected chi connectivity index (χ1v) is 8.41. The number of aromatic nitrogens is 1. The molecule has 2 saturated heterocycles. The Morgan fingerprint density at radius 1 is 1.21 bits per heavy atom. The highest BCUT2D eigenvalue weighted by atomic mass is 16.5. The maximum Gasteiger partial charge on any atom is 0.239 e. The molecule has 2 aliphatic heterocycles. The van der Waals surface area contributed by atoms with E-state index in [4.69, 9.17) is 10.00 Å². The molecule has 0 N–H and O–H groups in total. The SMILES string of the molecule is CC(C(=O)N1CCOCC1)N1CCN(c2ccc(C#N)cn2)CC1. The molecule has 24 heavy (non-hydrogen) atoms.